The summed E-state index contributed by atoms with van der Waals surface area (Å²) in [6.45, 7) is 4.82. The van der Waals surface area contributed by atoms with Crippen molar-refractivity contribution >= 4 is 11.6 Å². The van der Waals surface area contributed by atoms with Crippen LogP contribution in [0.4, 0.5) is 5.69 Å². The van der Waals surface area contributed by atoms with Gasteiger partial charge in [0, 0.05) is 5.69 Å². The van der Waals surface area contributed by atoms with Crippen molar-refractivity contribution in [3.63, 3.8) is 0 Å². The Hall–Kier alpha value is -2.13. The van der Waals surface area contributed by atoms with Gasteiger partial charge >= 0.3 is 0 Å². The van der Waals surface area contributed by atoms with Gasteiger partial charge in [0.1, 0.15) is 0 Å². The van der Waals surface area contributed by atoms with Crippen LogP contribution in [0.25, 0.3) is 0 Å². The summed E-state index contributed by atoms with van der Waals surface area (Å²) in [5.41, 5.74) is 3.53. The van der Waals surface area contributed by atoms with Crippen molar-refractivity contribution in [2.75, 3.05) is 25.0 Å². The van der Waals surface area contributed by atoms with Crippen LogP contribution in [0, 0.1) is 12.8 Å². The number of piperidine rings is 1. The maximum absolute atomic E-state index is 12.2. The molecule has 1 aliphatic rings. The molecular formula is C21H27N2O+. The van der Waals surface area contributed by atoms with E-state index in [0.717, 1.165) is 24.7 Å². The highest BCUT2D eigenvalue weighted by atomic mass is 16.2. The average Bonchev–Trinajstić information content (AvgIpc) is 2.60. The van der Waals surface area contributed by atoms with E-state index in [2.05, 4.69) is 42.6 Å². The number of hydrogen-bond acceptors (Lipinski definition) is 1. The third-order valence-electron chi connectivity index (χ3n) is 4.93. The van der Waals surface area contributed by atoms with Crippen LogP contribution in [0.2, 0.25) is 0 Å². The SMILES string of the molecule is Cc1ccc(NC(=O)C[NH+]2CCC(Cc3ccccc3)CC2)cc1. The Morgan fingerprint density at radius 1 is 1.04 bits per heavy atom. The molecule has 1 aliphatic heterocycles. The molecule has 1 heterocycles. The molecular weight excluding hydrogens is 296 g/mol. The van der Waals surface area contributed by atoms with Gasteiger partial charge in [-0.3, -0.25) is 4.79 Å². The van der Waals surface area contributed by atoms with Crippen molar-refractivity contribution in [1.82, 2.24) is 0 Å². The monoisotopic (exact) mass is 323 g/mol. The number of likely N-dealkylation sites (tertiary alicyclic amines) is 1. The third kappa shape index (κ3) is 4.93. The Morgan fingerprint density at radius 3 is 2.38 bits per heavy atom. The van der Waals surface area contributed by atoms with E-state index in [1.165, 1.54) is 35.3 Å². The molecule has 0 spiro atoms. The summed E-state index contributed by atoms with van der Waals surface area (Å²) in [5, 5.41) is 3.01. The lowest BCUT2D eigenvalue weighted by molar-refractivity contribution is -0.898. The number of anilines is 1. The second-order valence-corrected chi connectivity index (χ2v) is 6.97. The molecule has 126 valence electrons. The van der Waals surface area contributed by atoms with Crippen LogP contribution in [0.15, 0.2) is 54.6 Å². The van der Waals surface area contributed by atoms with Crippen molar-refractivity contribution in [2.45, 2.75) is 26.2 Å². The molecule has 2 aromatic carbocycles. The van der Waals surface area contributed by atoms with E-state index in [0.29, 0.717) is 6.54 Å². The van der Waals surface area contributed by atoms with Crippen LogP contribution in [0.3, 0.4) is 0 Å². The number of amides is 1. The first-order valence-electron chi connectivity index (χ1n) is 8.93. The average molecular weight is 323 g/mol. The predicted molar refractivity (Wildman–Crippen MR) is 98.2 cm³/mol. The molecule has 0 unspecified atom stereocenters. The number of carbonyl (C=O) groups excluding carboxylic acids is 1. The van der Waals surface area contributed by atoms with Gasteiger partial charge in [-0.15, -0.1) is 0 Å². The number of aryl methyl sites for hydroxylation is 1. The minimum Gasteiger partial charge on any atom is -0.327 e. The van der Waals surface area contributed by atoms with Crippen LogP contribution < -0.4 is 10.2 Å². The van der Waals surface area contributed by atoms with E-state index >= 15 is 0 Å². The summed E-state index contributed by atoms with van der Waals surface area (Å²) in [6.07, 6.45) is 3.59. The molecule has 0 bridgehead atoms. The summed E-state index contributed by atoms with van der Waals surface area (Å²) < 4.78 is 0. The highest BCUT2D eigenvalue weighted by Gasteiger charge is 2.24. The number of quaternary nitrogens is 1. The van der Waals surface area contributed by atoms with Gasteiger partial charge in [-0.05, 0) is 49.8 Å². The van der Waals surface area contributed by atoms with E-state index in [4.69, 9.17) is 0 Å². The molecule has 3 nitrogen and oxygen atoms in total. The number of rotatable bonds is 5. The molecule has 2 N–H and O–H groups in total. The molecule has 0 aliphatic carbocycles. The van der Waals surface area contributed by atoms with Gasteiger partial charge in [0.2, 0.25) is 0 Å². The standard InChI is InChI=1S/C21H26N2O/c1-17-7-9-20(10-8-17)22-21(24)16-23-13-11-19(12-14-23)15-18-5-3-2-4-6-18/h2-10,19H,11-16H2,1H3,(H,22,24)/p+1. The van der Waals surface area contributed by atoms with E-state index < -0.39 is 0 Å². The minimum atomic E-state index is 0.121. The quantitative estimate of drug-likeness (QED) is 0.871. The second-order valence-electron chi connectivity index (χ2n) is 6.97. The molecule has 0 aromatic heterocycles. The van der Waals surface area contributed by atoms with Gasteiger partial charge < -0.3 is 10.2 Å². The summed E-state index contributed by atoms with van der Waals surface area (Å²) in [7, 11) is 0. The van der Waals surface area contributed by atoms with Crippen molar-refractivity contribution in [3.8, 4) is 0 Å². The summed E-state index contributed by atoms with van der Waals surface area (Å²) in [5.74, 6) is 0.881. The molecule has 3 heteroatoms. The van der Waals surface area contributed by atoms with Gasteiger partial charge in [-0.1, -0.05) is 48.0 Å². The Bertz CT molecular complexity index is 643. The normalized spacial score (nSPS) is 20.5. The van der Waals surface area contributed by atoms with Crippen molar-refractivity contribution in [3.05, 3.63) is 65.7 Å². The lowest BCUT2D eigenvalue weighted by atomic mass is 9.90. The summed E-state index contributed by atoms with van der Waals surface area (Å²) in [6, 6.07) is 18.7. The molecule has 0 atom stereocenters. The third-order valence-corrected chi connectivity index (χ3v) is 4.93. The lowest BCUT2D eigenvalue weighted by Gasteiger charge is -2.29. The Balaban J connectivity index is 1.41. The topological polar surface area (TPSA) is 33.5 Å². The maximum Gasteiger partial charge on any atom is 0.279 e. The zero-order valence-electron chi connectivity index (χ0n) is 14.4. The molecule has 1 amide bonds. The fraction of sp³-hybridized carbons (Fsp3) is 0.381. The lowest BCUT2D eigenvalue weighted by Crippen LogP contribution is -3.14. The smallest absolute Gasteiger partial charge is 0.279 e. The first-order chi connectivity index (χ1) is 11.7. The van der Waals surface area contributed by atoms with Gasteiger partial charge in [-0.25, -0.2) is 0 Å². The van der Waals surface area contributed by atoms with Crippen LogP contribution in [-0.4, -0.2) is 25.5 Å². The molecule has 0 saturated carbocycles. The Kier molecular flexibility index (Phi) is 5.65. The van der Waals surface area contributed by atoms with E-state index in [-0.39, 0.29) is 5.91 Å². The zero-order chi connectivity index (χ0) is 16.8. The van der Waals surface area contributed by atoms with Gasteiger partial charge in [0.05, 0.1) is 13.1 Å². The molecule has 1 fully saturated rings. The Labute approximate surface area is 144 Å². The van der Waals surface area contributed by atoms with Crippen molar-refractivity contribution in [1.29, 1.82) is 0 Å². The number of carbonyl (C=O) groups is 1. The second kappa shape index (κ2) is 8.11. The highest BCUT2D eigenvalue weighted by molar-refractivity contribution is 5.91. The number of hydrogen-bond donors (Lipinski definition) is 2. The van der Waals surface area contributed by atoms with Crippen LogP contribution in [-0.2, 0) is 11.2 Å². The first-order valence-corrected chi connectivity index (χ1v) is 8.93. The molecule has 2 aromatic rings. The molecule has 3 rings (SSSR count). The van der Waals surface area contributed by atoms with Gasteiger partial charge in [-0.2, -0.15) is 0 Å². The van der Waals surface area contributed by atoms with Crippen molar-refractivity contribution < 1.29 is 9.69 Å². The van der Waals surface area contributed by atoms with E-state index in [9.17, 15) is 4.79 Å². The predicted octanol–water partition coefficient (Wildman–Crippen LogP) is 2.47. The van der Waals surface area contributed by atoms with Crippen LogP contribution in [0.5, 0.6) is 0 Å². The minimum absolute atomic E-state index is 0.121. The molecule has 0 radical (unpaired) electrons. The fourth-order valence-corrected chi connectivity index (χ4v) is 3.48. The van der Waals surface area contributed by atoms with Crippen LogP contribution in [0.1, 0.15) is 24.0 Å². The van der Waals surface area contributed by atoms with Gasteiger partial charge in [0.25, 0.3) is 5.91 Å². The largest absolute Gasteiger partial charge is 0.327 e. The van der Waals surface area contributed by atoms with E-state index in [1.807, 2.05) is 24.3 Å². The van der Waals surface area contributed by atoms with E-state index in [1.54, 1.807) is 0 Å². The highest BCUT2D eigenvalue weighted by Crippen LogP contribution is 2.16. The fourth-order valence-electron chi connectivity index (χ4n) is 3.48. The molecule has 1 saturated heterocycles. The molecule has 24 heavy (non-hydrogen) atoms. The summed E-state index contributed by atoms with van der Waals surface area (Å²) in [4.78, 5) is 13.6. The maximum atomic E-state index is 12.2. The zero-order valence-corrected chi connectivity index (χ0v) is 14.4. The Morgan fingerprint density at radius 2 is 1.71 bits per heavy atom. The van der Waals surface area contributed by atoms with Crippen molar-refractivity contribution in [2.24, 2.45) is 5.92 Å². The number of benzene rings is 2. The van der Waals surface area contributed by atoms with Gasteiger partial charge in [0.15, 0.2) is 6.54 Å². The first kappa shape index (κ1) is 16.7. The number of nitrogens with one attached hydrogen (secondary N) is 2. The van der Waals surface area contributed by atoms with Crippen LogP contribution >= 0.6 is 0 Å². The summed E-state index contributed by atoms with van der Waals surface area (Å²) >= 11 is 0.